The predicted octanol–water partition coefficient (Wildman–Crippen LogP) is -2.93. The van der Waals surface area contributed by atoms with E-state index in [0.717, 1.165) is 5.56 Å². The first-order chi connectivity index (χ1) is 5.11. The predicted molar refractivity (Wildman–Crippen MR) is 38.0 cm³/mol. The Kier molecular flexibility index (Phi) is 4.01. The number of carboxylic acid groups (broad SMARTS) is 1. The van der Waals surface area contributed by atoms with E-state index in [2.05, 4.69) is 4.98 Å². The Labute approximate surface area is 83.0 Å². The zero-order valence-electron chi connectivity index (χ0n) is 7.42. The zero-order valence-corrected chi connectivity index (χ0v) is 7.42. The summed E-state index contributed by atoms with van der Waals surface area (Å²) in [5.74, 6) is -1.17. The molecule has 3 nitrogen and oxygen atoms in total. The second-order valence-corrected chi connectivity index (χ2v) is 2.43. The molecule has 12 heavy (non-hydrogen) atoms. The van der Waals surface area contributed by atoms with Gasteiger partial charge in [0.05, 0.1) is 5.97 Å². The van der Waals surface area contributed by atoms with Gasteiger partial charge in [-0.15, -0.1) is 0 Å². The van der Waals surface area contributed by atoms with Crippen LogP contribution in [0.5, 0.6) is 0 Å². The summed E-state index contributed by atoms with van der Waals surface area (Å²) in [4.78, 5) is 14.3. The normalized spacial score (nSPS) is 8.83. The van der Waals surface area contributed by atoms with E-state index in [1.54, 1.807) is 26.1 Å². The first-order valence-electron chi connectivity index (χ1n) is 3.26. The maximum Gasteiger partial charge on any atom is 1.00 e. The van der Waals surface area contributed by atoms with Crippen LogP contribution in [0, 0.1) is 13.8 Å². The van der Waals surface area contributed by atoms with Crippen LogP contribution in [-0.4, -0.2) is 11.0 Å². The molecule has 0 saturated carbocycles. The Hall–Kier alpha value is -0.783. The largest absolute Gasteiger partial charge is 1.00 e. The third-order valence-electron chi connectivity index (χ3n) is 1.44. The summed E-state index contributed by atoms with van der Waals surface area (Å²) in [6.45, 7) is 3.43. The van der Waals surface area contributed by atoms with Gasteiger partial charge >= 0.3 is 18.9 Å². The van der Waals surface area contributed by atoms with Gasteiger partial charge in [0.1, 0.15) is 0 Å². The third-order valence-corrected chi connectivity index (χ3v) is 1.44. The molecule has 0 aliphatic carbocycles. The number of carbonyl (C=O) groups is 1. The van der Waals surface area contributed by atoms with Crippen molar-refractivity contribution in [3.8, 4) is 0 Å². The van der Waals surface area contributed by atoms with E-state index in [1.807, 2.05) is 0 Å². The van der Waals surface area contributed by atoms with Crippen molar-refractivity contribution in [1.82, 2.24) is 4.98 Å². The molecule has 58 valence electrons. The maximum atomic E-state index is 10.4. The molecule has 0 aliphatic heterocycles. The Morgan fingerprint density at radius 3 is 2.50 bits per heavy atom. The summed E-state index contributed by atoms with van der Waals surface area (Å²) < 4.78 is 0. The third kappa shape index (κ3) is 2.37. The monoisotopic (exact) mass is 157 g/mol. The van der Waals surface area contributed by atoms with Crippen molar-refractivity contribution in [2.75, 3.05) is 0 Å². The number of aromatic nitrogens is 1. The summed E-state index contributed by atoms with van der Waals surface area (Å²) in [6, 6.07) is 1.55. The summed E-state index contributed by atoms with van der Waals surface area (Å²) in [7, 11) is 0. The molecule has 0 spiro atoms. The maximum absolute atomic E-state index is 10.4. The molecule has 0 aromatic carbocycles. The molecule has 1 aromatic rings. The Morgan fingerprint density at radius 1 is 1.50 bits per heavy atom. The quantitative estimate of drug-likeness (QED) is 0.410. The molecule has 0 fully saturated rings. The van der Waals surface area contributed by atoms with Gasteiger partial charge in [-0.3, -0.25) is 4.98 Å². The van der Waals surface area contributed by atoms with Crippen molar-refractivity contribution in [3.05, 3.63) is 29.1 Å². The molecule has 0 saturated heterocycles. The number of hydrogen-bond acceptors (Lipinski definition) is 3. The molecule has 1 rings (SSSR count). The van der Waals surface area contributed by atoms with Crippen LogP contribution in [0.4, 0.5) is 0 Å². The van der Waals surface area contributed by atoms with Crippen molar-refractivity contribution < 1.29 is 28.8 Å². The number of carbonyl (C=O) groups excluding carboxylic acids is 1. The van der Waals surface area contributed by atoms with Gasteiger partial charge in [-0.2, -0.15) is 0 Å². The van der Waals surface area contributed by atoms with E-state index >= 15 is 0 Å². The fourth-order valence-corrected chi connectivity index (χ4v) is 0.844. The number of carboxylic acids is 1. The molecule has 0 atom stereocenters. The van der Waals surface area contributed by atoms with Gasteiger partial charge in [-0.1, -0.05) is 0 Å². The number of aryl methyl sites for hydroxylation is 2. The number of hydrogen-bond donors (Lipinski definition) is 0. The standard InChI is InChI=1S/C8H9NO2.Li/c1-5-3-7(8(10)11)6(2)9-4-5;/h3-4H,1-2H3,(H,10,11);/q;+1/p-1. The van der Waals surface area contributed by atoms with Crippen molar-refractivity contribution >= 4 is 5.97 Å². The van der Waals surface area contributed by atoms with E-state index in [0.29, 0.717) is 5.69 Å². The van der Waals surface area contributed by atoms with E-state index in [-0.39, 0.29) is 24.4 Å². The number of aromatic carboxylic acids is 1. The van der Waals surface area contributed by atoms with Gasteiger partial charge in [0.2, 0.25) is 0 Å². The van der Waals surface area contributed by atoms with Crippen LogP contribution >= 0.6 is 0 Å². The summed E-state index contributed by atoms with van der Waals surface area (Å²) in [5.41, 5.74) is 1.50. The van der Waals surface area contributed by atoms with E-state index < -0.39 is 5.97 Å². The molecule has 4 heteroatoms. The van der Waals surface area contributed by atoms with Gasteiger partial charge in [-0.25, -0.2) is 0 Å². The summed E-state index contributed by atoms with van der Waals surface area (Å²) in [6.07, 6.45) is 1.63. The van der Waals surface area contributed by atoms with E-state index in [4.69, 9.17) is 0 Å². The van der Waals surface area contributed by atoms with Gasteiger partial charge in [0.15, 0.2) is 0 Å². The zero-order chi connectivity index (χ0) is 8.43. The van der Waals surface area contributed by atoms with Crippen LogP contribution in [0.15, 0.2) is 12.3 Å². The SMILES string of the molecule is Cc1cnc(C)c(C(=O)[O-])c1.[Li+]. The Bertz CT molecular complexity index is 299. The molecule has 0 aliphatic rings. The Balaban J connectivity index is 0.00000121. The molecular weight excluding hydrogens is 149 g/mol. The van der Waals surface area contributed by atoms with Crippen LogP contribution < -0.4 is 24.0 Å². The van der Waals surface area contributed by atoms with Crippen LogP contribution in [-0.2, 0) is 0 Å². The number of rotatable bonds is 1. The molecule has 0 N–H and O–H groups in total. The molecule has 0 bridgehead atoms. The van der Waals surface area contributed by atoms with Crippen molar-refractivity contribution in [3.63, 3.8) is 0 Å². The molecule has 1 aromatic heterocycles. The Morgan fingerprint density at radius 2 is 2.08 bits per heavy atom. The minimum Gasteiger partial charge on any atom is -0.545 e. The molecule has 0 amide bonds. The van der Waals surface area contributed by atoms with Crippen LogP contribution in [0.25, 0.3) is 0 Å². The molecule has 1 heterocycles. The summed E-state index contributed by atoms with van der Waals surface area (Å²) >= 11 is 0. The average Bonchev–Trinajstić information content (AvgIpc) is 1.94. The van der Waals surface area contributed by atoms with Crippen LogP contribution in [0.2, 0.25) is 0 Å². The first kappa shape index (κ1) is 11.2. The van der Waals surface area contributed by atoms with Gasteiger partial charge in [0.25, 0.3) is 0 Å². The second-order valence-electron chi connectivity index (χ2n) is 2.43. The van der Waals surface area contributed by atoms with Crippen molar-refractivity contribution in [2.24, 2.45) is 0 Å². The molecule has 0 radical (unpaired) electrons. The summed E-state index contributed by atoms with van der Waals surface area (Å²) in [5, 5.41) is 10.4. The van der Waals surface area contributed by atoms with Crippen molar-refractivity contribution in [1.29, 1.82) is 0 Å². The molecule has 0 unspecified atom stereocenters. The minimum absolute atomic E-state index is 0. The topological polar surface area (TPSA) is 53.0 Å². The minimum atomic E-state index is -1.17. The number of nitrogens with zero attached hydrogens (tertiary/aromatic N) is 1. The van der Waals surface area contributed by atoms with E-state index in [9.17, 15) is 9.90 Å². The van der Waals surface area contributed by atoms with E-state index in [1.165, 1.54) is 0 Å². The smallest absolute Gasteiger partial charge is 0.545 e. The van der Waals surface area contributed by atoms with Crippen LogP contribution in [0.1, 0.15) is 21.6 Å². The van der Waals surface area contributed by atoms with Crippen LogP contribution in [0.3, 0.4) is 0 Å². The second kappa shape index (κ2) is 4.29. The fraction of sp³-hybridized carbons (Fsp3) is 0.250. The fourth-order valence-electron chi connectivity index (χ4n) is 0.844. The molecular formula is C8H8LiNO2. The average molecular weight is 157 g/mol. The van der Waals surface area contributed by atoms with Crippen molar-refractivity contribution in [2.45, 2.75) is 13.8 Å². The van der Waals surface area contributed by atoms with Gasteiger partial charge < -0.3 is 9.90 Å². The van der Waals surface area contributed by atoms with Gasteiger partial charge in [-0.05, 0) is 25.5 Å². The first-order valence-corrected chi connectivity index (χ1v) is 3.26. The van der Waals surface area contributed by atoms with Gasteiger partial charge in [0, 0.05) is 17.5 Å². The number of pyridine rings is 1.